The lowest BCUT2D eigenvalue weighted by molar-refractivity contribution is -0.384. The summed E-state index contributed by atoms with van der Waals surface area (Å²) in [5.74, 6) is 0.363. The van der Waals surface area contributed by atoms with E-state index in [2.05, 4.69) is 5.10 Å². The summed E-state index contributed by atoms with van der Waals surface area (Å²) in [5, 5.41) is 24.2. The standard InChI is InChI=1S/C12H14N4O3/c1-8-3-2-4-10(16(18)19)12(8)9-7-11(13)15(14-9)5-6-17/h2-4,7,17H,5-6,13H2,1H3. The zero-order chi connectivity index (χ0) is 14.0. The Morgan fingerprint density at radius 1 is 1.53 bits per heavy atom. The van der Waals surface area contributed by atoms with Gasteiger partial charge in [0.15, 0.2) is 0 Å². The Labute approximate surface area is 109 Å². The van der Waals surface area contributed by atoms with Crippen LogP contribution in [0.5, 0.6) is 0 Å². The molecule has 0 aliphatic rings. The Morgan fingerprint density at radius 2 is 2.26 bits per heavy atom. The first-order valence-electron chi connectivity index (χ1n) is 5.73. The molecule has 7 nitrogen and oxygen atoms in total. The van der Waals surface area contributed by atoms with Crippen LogP contribution in [0, 0.1) is 17.0 Å². The molecule has 0 spiro atoms. The topological polar surface area (TPSA) is 107 Å². The van der Waals surface area contributed by atoms with Crippen molar-refractivity contribution in [3.05, 3.63) is 39.9 Å². The lowest BCUT2D eigenvalue weighted by Crippen LogP contribution is -2.07. The molecule has 1 aromatic carbocycles. The molecular weight excluding hydrogens is 248 g/mol. The number of nitro benzene ring substituents is 1. The second kappa shape index (κ2) is 5.07. The summed E-state index contributed by atoms with van der Waals surface area (Å²) in [6.07, 6.45) is 0. The third-order valence-electron chi connectivity index (χ3n) is 2.83. The van der Waals surface area contributed by atoms with E-state index in [1.165, 1.54) is 10.7 Å². The molecule has 0 saturated heterocycles. The molecule has 0 radical (unpaired) electrons. The first-order valence-corrected chi connectivity index (χ1v) is 5.73. The molecule has 2 rings (SSSR count). The van der Waals surface area contributed by atoms with Crippen molar-refractivity contribution in [3.63, 3.8) is 0 Å². The van der Waals surface area contributed by atoms with Crippen molar-refractivity contribution in [2.45, 2.75) is 13.5 Å². The molecule has 1 aromatic heterocycles. The van der Waals surface area contributed by atoms with Crippen molar-refractivity contribution in [3.8, 4) is 11.3 Å². The number of nitro groups is 1. The largest absolute Gasteiger partial charge is 0.394 e. The third kappa shape index (κ3) is 2.41. The molecule has 0 bridgehead atoms. The van der Waals surface area contributed by atoms with E-state index in [0.29, 0.717) is 17.1 Å². The minimum Gasteiger partial charge on any atom is -0.394 e. The first kappa shape index (κ1) is 13.0. The van der Waals surface area contributed by atoms with Crippen molar-refractivity contribution in [2.75, 3.05) is 12.3 Å². The van der Waals surface area contributed by atoms with Gasteiger partial charge in [-0.25, -0.2) is 4.68 Å². The quantitative estimate of drug-likeness (QED) is 0.638. The second-order valence-electron chi connectivity index (χ2n) is 4.13. The van der Waals surface area contributed by atoms with Gasteiger partial charge in [0.25, 0.3) is 5.69 Å². The Balaban J connectivity index is 2.58. The second-order valence-corrected chi connectivity index (χ2v) is 4.13. The van der Waals surface area contributed by atoms with Gasteiger partial charge in [0.05, 0.1) is 23.6 Å². The van der Waals surface area contributed by atoms with Crippen molar-refractivity contribution in [2.24, 2.45) is 0 Å². The molecule has 100 valence electrons. The molecule has 0 amide bonds. The SMILES string of the molecule is Cc1cccc([N+](=O)[O-])c1-c1cc(N)n(CCO)n1. The number of rotatable bonds is 4. The first-order chi connectivity index (χ1) is 9.04. The molecule has 7 heteroatoms. The molecule has 2 aromatic rings. The molecule has 3 N–H and O–H groups in total. The summed E-state index contributed by atoms with van der Waals surface area (Å²) in [6.45, 7) is 1.94. The maximum absolute atomic E-state index is 11.1. The van der Waals surface area contributed by atoms with Crippen molar-refractivity contribution < 1.29 is 10.0 Å². The van der Waals surface area contributed by atoms with Gasteiger partial charge in [-0.05, 0) is 12.5 Å². The van der Waals surface area contributed by atoms with Crippen LogP contribution >= 0.6 is 0 Å². The zero-order valence-corrected chi connectivity index (χ0v) is 10.4. The van der Waals surface area contributed by atoms with Gasteiger partial charge in [0.1, 0.15) is 11.5 Å². The van der Waals surface area contributed by atoms with E-state index >= 15 is 0 Å². The lowest BCUT2D eigenvalue weighted by atomic mass is 10.0. The average molecular weight is 262 g/mol. The number of aliphatic hydroxyl groups excluding tert-OH is 1. The van der Waals surface area contributed by atoms with Crippen LogP contribution in [0.25, 0.3) is 11.3 Å². The monoisotopic (exact) mass is 262 g/mol. The van der Waals surface area contributed by atoms with Crippen LogP contribution in [-0.2, 0) is 6.54 Å². The number of nitrogens with two attached hydrogens (primary N) is 1. The van der Waals surface area contributed by atoms with E-state index < -0.39 is 4.92 Å². The van der Waals surface area contributed by atoms with Gasteiger partial charge in [0, 0.05) is 12.1 Å². The van der Waals surface area contributed by atoms with Gasteiger partial charge in [-0.2, -0.15) is 5.10 Å². The van der Waals surface area contributed by atoms with Crippen LogP contribution in [0.3, 0.4) is 0 Å². The molecule has 19 heavy (non-hydrogen) atoms. The Bertz CT molecular complexity index is 621. The lowest BCUT2D eigenvalue weighted by Gasteiger charge is -2.03. The van der Waals surface area contributed by atoms with Gasteiger partial charge in [0.2, 0.25) is 0 Å². The molecule has 0 aliphatic carbocycles. The van der Waals surface area contributed by atoms with Gasteiger partial charge in [-0.1, -0.05) is 12.1 Å². The summed E-state index contributed by atoms with van der Waals surface area (Å²) in [7, 11) is 0. The van der Waals surface area contributed by atoms with E-state index in [-0.39, 0.29) is 18.8 Å². The number of nitrogens with zero attached hydrogens (tertiary/aromatic N) is 3. The third-order valence-corrected chi connectivity index (χ3v) is 2.83. The van der Waals surface area contributed by atoms with E-state index in [1.807, 2.05) is 0 Å². The highest BCUT2D eigenvalue weighted by molar-refractivity contribution is 5.75. The molecule has 0 unspecified atom stereocenters. The molecule has 0 fully saturated rings. The summed E-state index contributed by atoms with van der Waals surface area (Å²) >= 11 is 0. The molecule has 0 saturated carbocycles. The van der Waals surface area contributed by atoms with Crippen LogP contribution < -0.4 is 5.73 Å². The van der Waals surface area contributed by atoms with Crippen LogP contribution in [0.1, 0.15) is 5.56 Å². The van der Waals surface area contributed by atoms with Crippen LogP contribution in [0.15, 0.2) is 24.3 Å². The van der Waals surface area contributed by atoms with Crippen LogP contribution in [0.2, 0.25) is 0 Å². The van der Waals surface area contributed by atoms with Gasteiger partial charge in [-0.3, -0.25) is 10.1 Å². The highest BCUT2D eigenvalue weighted by Crippen LogP contribution is 2.32. The van der Waals surface area contributed by atoms with Crippen molar-refractivity contribution in [1.82, 2.24) is 9.78 Å². The number of benzene rings is 1. The van der Waals surface area contributed by atoms with Crippen LogP contribution in [-0.4, -0.2) is 26.4 Å². The molecular formula is C12H14N4O3. The maximum Gasteiger partial charge on any atom is 0.279 e. The number of nitrogen functional groups attached to an aromatic ring is 1. The fourth-order valence-electron chi connectivity index (χ4n) is 1.96. The summed E-state index contributed by atoms with van der Waals surface area (Å²) in [4.78, 5) is 10.6. The molecule has 1 heterocycles. The number of aromatic nitrogens is 2. The minimum atomic E-state index is -0.441. The minimum absolute atomic E-state index is 0.00588. The van der Waals surface area contributed by atoms with Gasteiger partial charge < -0.3 is 10.8 Å². The van der Waals surface area contributed by atoms with Gasteiger partial charge in [-0.15, -0.1) is 0 Å². The number of anilines is 1. The number of aliphatic hydroxyl groups is 1. The average Bonchev–Trinajstić information content (AvgIpc) is 2.70. The smallest absolute Gasteiger partial charge is 0.279 e. The normalized spacial score (nSPS) is 10.6. The Kier molecular flexibility index (Phi) is 3.48. The molecule has 0 atom stereocenters. The van der Waals surface area contributed by atoms with Crippen LogP contribution in [0.4, 0.5) is 11.5 Å². The van der Waals surface area contributed by atoms with Gasteiger partial charge >= 0.3 is 0 Å². The van der Waals surface area contributed by atoms with Crippen molar-refractivity contribution >= 4 is 11.5 Å². The maximum atomic E-state index is 11.1. The molecule has 0 aliphatic heterocycles. The number of aryl methyl sites for hydroxylation is 1. The fraction of sp³-hybridized carbons (Fsp3) is 0.250. The fourth-order valence-corrected chi connectivity index (χ4v) is 1.96. The Morgan fingerprint density at radius 3 is 2.89 bits per heavy atom. The van der Waals surface area contributed by atoms with Crippen molar-refractivity contribution in [1.29, 1.82) is 0 Å². The van der Waals surface area contributed by atoms with E-state index in [0.717, 1.165) is 5.56 Å². The van der Waals surface area contributed by atoms with E-state index in [9.17, 15) is 10.1 Å². The highest BCUT2D eigenvalue weighted by atomic mass is 16.6. The predicted molar refractivity (Wildman–Crippen MR) is 70.6 cm³/mol. The zero-order valence-electron chi connectivity index (χ0n) is 10.4. The number of hydrogen-bond donors (Lipinski definition) is 2. The number of hydrogen-bond acceptors (Lipinski definition) is 5. The predicted octanol–water partition coefficient (Wildman–Crippen LogP) is 1.34. The summed E-state index contributed by atoms with van der Waals surface area (Å²) < 4.78 is 1.42. The summed E-state index contributed by atoms with van der Waals surface area (Å²) in [6, 6.07) is 6.42. The summed E-state index contributed by atoms with van der Waals surface area (Å²) in [5.41, 5.74) is 7.40. The van der Waals surface area contributed by atoms with E-state index in [4.69, 9.17) is 10.8 Å². The Hall–Kier alpha value is -2.41. The highest BCUT2D eigenvalue weighted by Gasteiger charge is 2.20. The van der Waals surface area contributed by atoms with E-state index in [1.54, 1.807) is 25.1 Å².